The van der Waals surface area contributed by atoms with Crippen LogP contribution >= 0.6 is 0 Å². The minimum atomic E-state index is -0.783. The van der Waals surface area contributed by atoms with Crippen molar-refractivity contribution in [2.24, 2.45) is 11.8 Å². The summed E-state index contributed by atoms with van der Waals surface area (Å²) in [6, 6.07) is 5.99. The zero-order chi connectivity index (χ0) is 14.9. The highest BCUT2D eigenvalue weighted by molar-refractivity contribution is 5.95. The number of carboxylic acid groups (broad SMARTS) is 1. The topological polar surface area (TPSA) is 57.6 Å². The molecule has 2 rings (SSSR count). The average molecular weight is 275 g/mol. The predicted molar refractivity (Wildman–Crippen MR) is 77.8 cm³/mol. The van der Waals surface area contributed by atoms with Gasteiger partial charge in [0.2, 0.25) is 5.91 Å². The normalized spacial score (nSPS) is 21.8. The lowest BCUT2D eigenvalue weighted by molar-refractivity contribution is -0.141. The van der Waals surface area contributed by atoms with Gasteiger partial charge in [-0.2, -0.15) is 0 Å². The van der Waals surface area contributed by atoms with Crippen LogP contribution in [-0.2, 0) is 9.59 Å². The molecular weight excluding hydrogens is 254 g/mol. The molecule has 0 aromatic heterocycles. The van der Waals surface area contributed by atoms with E-state index in [2.05, 4.69) is 0 Å². The van der Waals surface area contributed by atoms with Gasteiger partial charge >= 0.3 is 5.97 Å². The highest BCUT2D eigenvalue weighted by Gasteiger charge is 2.35. The first-order chi connectivity index (χ1) is 9.40. The van der Waals surface area contributed by atoms with Crippen LogP contribution in [0.1, 0.15) is 30.4 Å². The average Bonchev–Trinajstić information content (AvgIpc) is 2.87. The van der Waals surface area contributed by atoms with Crippen molar-refractivity contribution in [3.63, 3.8) is 0 Å². The molecule has 0 saturated heterocycles. The summed E-state index contributed by atoms with van der Waals surface area (Å²) in [6.07, 6.45) is 1.74. The molecular formula is C16H21NO3. The molecule has 0 bridgehead atoms. The molecule has 20 heavy (non-hydrogen) atoms. The molecule has 1 saturated carbocycles. The van der Waals surface area contributed by atoms with E-state index in [-0.39, 0.29) is 17.7 Å². The molecule has 1 amide bonds. The number of hydrogen-bond donors (Lipinski definition) is 1. The number of aryl methyl sites for hydroxylation is 2. The highest BCUT2D eigenvalue weighted by Crippen LogP contribution is 2.33. The van der Waals surface area contributed by atoms with Gasteiger partial charge in [0, 0.05) is 18.7 Å². The molecule has 2 atom stereocenters. The number of carbonyl (C=O) groups excluding carboxylic acids is 1. The molecule has 1 aliphatic carbocycles. The van der Waals surface area contributed by atoms with Gasteiger partial charge in [-0.25, -0.2) is 0 Å². The van der Waals surface area contributed by atoms with Gasteiger partial charge in [-0.05, 0) is 44.7 Å². The lowest BCUT2D eigenvalue weighted by atomic mass is 10.0. The van der Waals surface area contributed by atoms with Gasteiger partial charge in [0.15, 0.2) is 0 Å². The van der Waals surface area contributed by atoms with Crippen LogP contribution in [-0.4, -0.2) is 24.0 Å². The lowest BCUT2D eigenvalue weighted by Crippen LogP contribution is -2.32. The van der Waals surface area contributed by atoms with E-state index in [0.29, 0.717) is 19.3 Å². The summed E-state index contributed by atoms with van der Waals surface area (Å²) in [7, 11) is 1.77. The Bertz CT molecular complexity index is 539. The largest absolute Gasteiger partial charge is 0.481 e. The molecule has 0 spiro atoms. The van der Waals surface area contributed by atoms with Crippen molar-refractivity contribution in [3.05, 3.63) is 29.3 Å². The summed E-state index contributed by atoms with van der Waals surface area (Å²) in [6.45, 7) is 4.01. The molecule has 1 aromatic carbocycles. The summed E-state index contributed by atoms with van der Waals surface area (Å²) < 4.78 is 0. The van der Waals surface area contributed by atoms with Gasteiger partial charge in [0.1, 0.15) is 0 Å². The molecule has 4 nitrogen and oxygen atoms in total. The maximum absolute atomic E-state index is 12.5. The highest BCUT2D eigenvalue weighted by atomic mass is 16.4. The van der Waals surface area contributed by atoms with E-state index < -0.39 is 5.97 Å². The molecule has 0 heterocycles. The van der Waals surface area contributed by atoms with Gasteiger partial charge in [-0.3, -0.25) is 9.59 Å². The van der Waals surface area contributed by atoms with E-state index in [4.69, 9.17) is 5.11 Å². The first-order valence-electron chi connectivity index (χ1n) is 6.97. The Morgan fingerprint density at radius 3 is 2.40 bits per heavy atom. The number of rotatable bonds is 3. The van der Waals surface area contributed by atoms with E-state index in [0.717, 1.165) is 11.3 Å². The molecule has 1 N–H and O–H groups in total. The molecule has 1 aromatic rings. The lowest BCUT2D eigenvalue weighted by Gasteiger charge is -2.23. The van der Waals surface area contributed by atoms with Crippen molar-refractivity contribution < 1.29 is 14.7 Å². The van der Waals surface area contributed by atoms with Crippen molar-refractivity contribution in [3.8, 4) is 0 Å². The van der Waals surface area contributed by atoms with Gasteiger partial charge in [-0.1, -0.05) is 17.7 Å². The number of anilines is 1. The second-order valence-electron chi connectivity index (χ2n) is 5.73. The summed E-state index contributed by atoms with van der Waals surface area (Å²) in [4.78, 5) is 25.1. The van der Waals surface area contributed by atoms with Gasteiger partial charge in [0.05, 0.1) is 5.92 Å². The van der Waals surface area contributed by atoms with Crippen molar-refractivity contribution in [2.75, 3.05) is 11.9 Å². The van der Waals surface area contributed by atoms with E-state index in [1.807, 2.05) is 32.0 Å². The van der Waals surface area contributed by atoms with E-state index >= 15 is 0 Å². The smallest absolute Gasteiger partial charge is 0.306 e. The van der Waals surface area contributed by atoms with Crippen LogP contribution in [0.2, 0.25) is 0 Å². The number of amides is 1. The number of benzene rings is 1. The van der Waals surface area contributed by atoms with Crippen molar-refractivity contribution in [1.29, 1.82) is 0 Å². The minimum Gasteiger partial charge on any atom is -0.481 e. The number of nitrogens with zero attached hydrogens (tertiary/aromatic N) is 1. The second-order valence-corrected chi connectivity index (χ2v) is 5.73. The molecule has 4 heteroatoms. The van der Waals surface area contributed by atoms with E-state index in [1.54, 1.807) is 11.9 Å². The molecule has 108 valence electrons. The first-order valence-corrected chi connectivity index (χ1v) is 6.97. The van der Waals surface area contributed by atoms with Crippen LogP contribution in [0.4, 0.5) is 5.69 Å². The van der Waals surface area contributed by atoms with Crippen LogP contribution in [0.15, 0.2) is 18.2 Å². The SMILES string of the molecule is Cc1ccc(N(C)C(=O)C2CCC(C(=O)O)C2)c(C)c1. The standard InChI is InChI=1S/C16H21NO3/c1-10-4-7-14(11(2)8-10)17(3)15(18)12-5-6-13(9-12)16(19)20/h4,7-8,12-13H,5-6,9H2,1-3H3,(H,19,20). The number of hydrogen-bond acceptors (Lipinski definition) is 2. The fourth-order valence-electron chi connectivity index (χ4n) is 3.00. The van der Waals surface area contributed by atoms with Crippen LogP contribution in [0.25, 0.3) is 0 Å². The Kier molecular flexibility index (Phi) is 4.12. The monoisotopic (exact) mass is 275 g/mol. The molecule has 0 aliphatic heterocycles. The van der Waals surface area contributed by atoms with Crippen molar-refractivity contribution in [1.82, 2.24) is 0 Å². The van der Waals surface area contributed by atoms with E-state index in [9.17, 15) is 9.59 Å². The second kappa shape index (κ2) is 5.65. The maximum atomic E-state index is 12.5. The Morgan fingerprint density at radius 2 is 1.85 bits per heavy atom. The Hall–Kier alpha value is -1.84. The Labute approximate surface area is 119 Å². The maximum Gasteiger partial charge on any atom is 0.306 e. The predicted octanol–water partition coefficient (Wildman–Crippen LogP) is 2.77. The molecule has 2 unspecified atom stereocenters. The van der Waals surface area contributed by atoms with Crippen LogP contribution in [0.3, 0.4) is 0 Å². The summed E-state index contributed by atoms with van der Waals surface area (Å²) in [5.41, 5.74) is 3.13. The fourth-order valence-corrected chi connectivity index (χ4v) is 3.00. The molecule has 0 radical (unpaired) electrons. The minimum absolute atomic E-state index is 0.0284. The zero-order valence-corrected chi connectivity index (χ0v) is 12.2. The van der Waals surface area contributed by atoms with Gasteiger partial charge < -0.3 is 10.0 Å². The first kappa shape index (κ1) is 14.6. The van der Waals surface area contributed by atoms with Crippen LogP contribution in [0.5, 0.6) is 0 Å². The van der Waals surface area contributed by atoms with Gasteiger partial charge in [0.25, 0.3) is 0 Å². The number of carbonyl (C=O) groups is 2. The van der Waals surface area contributed by atoms with Crippen molar-refractivity contribution >= 4 is 17.6 Å². The summed E-state index contributed by atoms with van der Waals surface area (Å²) in [5.74, 6) is -1.28. The fraction of sp³-hybridized carbons (Fsp3) is 0.500. The van der Waals surface area contributed by atoms with Gasteiger partial charge in [-0.15, -0.1) is 0 Å². The third-order valence-corrected chi connectivity index (χ3v) is 4.18. The summed E-state index contributed by atoms with van der Waals surface area (Å²) in [5, 5.41) is 9.02. The molecule has 1 fully saturated rings. The van der Waals surface area contributed by atoms with E-state index in [1.165, 1.54) is 5.56 Å². The Morgan fingerprint density at radius 1 is 1.20 bits per heavy atom. The third-order valence-electron chi connectivity index (χ3n) is 4.18. The number of aliphatic carboxylic acids is 1. The number of carboxylic acids is 1. The van der Waals surface area contributed by atoms with Crippen molar-refractivity contribution in [2.45, 2.75) is 33.1 Å². The van der Waals surface area contributed by atoms with Crippen LogP contribution in [0, 0.1) is 25.7 Å². The zero-order valence-electron chi connectivity index (χ0n) is 12.2. The third kappa shape index (κ3) is 2.84. The molecule has 1 aliphatic rings. The quantitative estimate of drug-likeness (QED) is 0.922. The Balaban J connectivity index is 2.11. The van der Waals surface area contributed by atoms with Crippen LogP contribution < -0.4 is 4.90 Å². The summed E-state index contributed by atoms with van der Waals surface area (Å²) >= 11 is 0.